The topological polar surface area (TPSA) is 40.4 Å². The summed E-state index contributed by atoms with van der Waals surface area (Å²) < 4.78 is 2.22. The number of hydrogen-bond acceptors (Lipinski definition) is 2. The molecule has 2 aliphatic rings. The van der Waals surface area contributed by atoms with Crippen LogP contribution in [-0.2, 0) is 15.0 Å². The van der Waals surface area contributed by atoms with E-state index in [1.807, 2.05) is 6.07 Å². The van der Waals surface area contributed by atoms with E-state index < -0.39 is 0 Å². The largest absolute Gasteiger partial charge is 0.269 e. The fourth-order valence-corrected chi connectivity index (χ4v) is 3.09. The van der Waals surface area contributed by atoms with Crippen molar-refractivity contribution in [3.63, 3.8) is 0 Å². The predicted octanol–water partition coefficient (Wildman–Crippen LogP) is 2.01. The summed E-state index contributed by atoms with van der Waals surface area (Å²) in [6.07, 6.45) is 2.67. The second kappa shape index (κ2) is 4.65. The Bertz CT molecular complexity index is 680. The number of carbonyl (C=O) groups is 2. The third-order valence-electron chi connectivity index (χ3n) is 4.63. The maximum Gasteiger partial charge on any atom is 0.253 e. The van der Waals surface area contributed by atoms with E-state index >= 15 is 0 Å². The van der Waals surface area contributed by atoms with Crippen molar-refractivity contribution < 1.29 is 14.2 Å². The number of nitrogens with zero attached hydrogens (tertiary/aromatic N) is 2. The summed E-state index contributed by atoms with van der Waals surface area (Å²) >= 11 is 0. The standard InChI is InChI=1S/C17H19N2O2/c1-12-17(2,3)13-6-4-5-7-14(13)18(12)10-11-19-15(20)8-9-16(19)21/h4-9H,10-11H2,1-3H3/q+1. The van der Waals surface area contributed by atoms with E-state index in [9.17, 15) is 9.59 Å². The van der Waals surface area contributed by atoms with Crippen molar-refractivity contribution in [3.05, 3.63) is 42.0 Å². The molecule has 0 atom stereocenters. The lowest BCUT2D eigenvalue weighted by Crippen LogP contribution is -2.36. The Labute approximate surface area is 124 Å². The monoisotopic (exact) mass is 283 g/mol. The maximum atomic E-state index is 11.6. The van der Waals surface area contributed by atoms with E-state index in [1.165, 1.54) is 34.0 Å². The number of carbonyl (C=O) groups excluding carboxylic acids is 2. The van der Waals surface area contributed by atoms with Crippen molar-refractivity contribution in [1.82, 2.24) is 4.90 Å². The van der Waals surface area contributed by atoms with Crippen molar-refractivity contribution >= 4 is 23.2 Å². The Kier molecular flexibility index (Phi) is 3.04. The lowest BCUT2D eigenvalue weighted by Gasteiger charge is -2.14. The number of imide groups is 1. The lowest BCUT2D eigenvalue weighted by atomic mass is 9.82. The first-order valence-electron chi connectivity index (χ1n) is 7.17. The van der Waals surface area contributed by atoms with Crippen LogP contribution in [0.25, 0.3) is 0 Å². The van der Waals surface area contributed by atoms with Crippen LogP contribution in [0, 0.1) is 0 Å². The Balaban J connectivity index is 1.87. The summed E-state index contributed by atoms with van der Waals surface area (Å²) in [6, 6.07) is 8.31. The van der Waals surface area contributed by atoms with Gasteiger partial charge in [0.1, 0.15) is 0 Å². The van der Waals surface area contributed by atoms with Gasteiger partial charge in [0.25, 0.3) is 11.8 Å². The number of amides is 2. The molecular weight excluding hydrogens is 264 g/mol. The van der Waals surface area contributed by atoms with E-state index in [0.29, 0.717) is 13.1 Å². The zero-order chi connectivity index (χ0) is 15.2. The summed E-state index contributed by atoms with van der Waals surface area (Å²) in [4.78, 5) is 24.6. The van der Waals surface area contributed by atoms with Crippen molar-refractivity contribution in [2.45, 2.75) is 26.2 Å². The average molecular weight is 283 g/mol. The fourth-order valence-electron chi connectivity index (χ4n) is 3.09. The third kappa shape index (κ3) is 2.02. The van der Waals surface area contributed by atoms with Crippen LogP contribution in [-0.4, -0.2) is 40.1 Å². The van der Waals surface area contributed by atoms with Crippen molar-refractivity contribution in [2.75, 3.05) is 13.1 Å². The first-order valence-corrected chi connectivity index (χ1v) is 7.17. The first-order chi connectivity index (χ1) is 9.93. The zero-order valence-corrected chi connectivity index (χ0v) is 12.6. The Morgan fingerprint density at radius 2 is 1.71 bits per heavy atom. The third-order valence-corrected chi connectivity index (χ3v) is 4.63. The molecule has 4 heteroatoms. The molecule has 0 bridgehead atoms. The number of benzene rings is 1. The van der Waals surface area contributed by atoms with Crippen LogP contribution in [0.1, 0.15) is 26.3 Å². The van der Waals surface area contributed by atoms with Gasteiger partial charge in [0, 0.05) is 30.7 Å². The van der Waals surface area contributed by atoms with Gasteiger partial charge in [-0.2, -0.15) is 4.58 Å². The highest BCUT2D eigenvalue weighted by Crippen LogP contribution is 2.38. The highest BCUT2D eigenvalue weighted by molar-refractivity contribution is 6.12. The minimum atomic E-state index is -0.218. The predicted molar refractivity (Wildman–Crippen MR) is 80.8 cm³/mol. The van der Waals surface area contributed by atoms with Crippen LogP contribution in [0.4, 0.5) is 5.69 Å². The number of fused-ring (bicyclic) bond motifs is 1. The molecule has 0 saturated heterocycles. The fraction of sp³-hybridized carbons (Fsp3) is 0.353. The minimum Gasteiger partial charge on any atom is -0.269 e. The molecule has 0 saturated carbocycles. The van der Waals surface area contributed by atoms with Crippen molar-refractivity contribution in [2.24, 2.45) is 0 Å². The summed E-state index contributed by atoms with van der Waals surface area (Å²) in [6.45, 7) is 7.56. The maximum absolute atomic E-state index is 11.6. The highest BCUT2D eigenvalue weighted by Gasteiger charge is 2.42. The minimum absolute atomic E-state index is 0.0200. The van der Waals surface area contributed by atoms with Crippen LogP contribution in [0.5, 0.6) is 0 Å². The molecule has 1 aromatic rings. The van der Waals surface area contributed by atoms with Crippen molar-refractivity contribution in [1.29, 1.82) is 0 Å². The van der Waals surface area contributed by atoms with E-state index in [0.717, 1.165) is 0 Å². The van der Waals surface area contributed by atoms with Gasteiger partial charge in [0.2, 0.25) is 5.69 Å². The molecule has 0 aromatic heterocycles. The summed E-state index contributed by atoms with van der Waals surface area (Å²) in [7, 11) is 0. The molecule has 2 aliphatic heterocycles. The number of para-hydroxylation sites is 1. The Morgan fingerprint density at radius 1 is 1.10 bits per heavy atom. The zero-order valence-electron chi connectivity index (χ0n) is 12.6. The quantitative estimate of drug-likeness (QED) is 0.629. The molecule has 0 unspecified atom stereocenters. The SMILES string of the molecule is CC1=[N+](CCN2C(=O)C=CC2=O)c2ccccc2C1(C)C. The van der Waals surface area contributed by atoms with Gasteiger partial charge in [-0.05, 0) is 13.8 Å². The van der Waals surface area contributed by atoms with Gasteiger partial charge in [-0.15, -0.1) is 0 Å². The molecule has 4 nitrogen and oxygen atoms in total. The molecule has 0 fully saturated rings. The molecule has 3 rings (SSSR count). The van der Waals surface area contributed by atoms with Gasteiger partial charge in [-0.1, -0.05) is 18.2 Å². The molecule has 0 spiro atoms. The first kappa shape index (κ1) is 13.7. The van der Waals surface area contributed by atoms with Crippen LogP contribution in [0.3, 0.4) is 0 Å². The molecule has 0 radical (unpaired) electrons. The Hall–Kier alpha value is -2.23. The molecule has 1 aromatic carbocycles. The van der Waals surface area contributed by atoms with Crippen LogP contribution in [0.15, 0.2) is 36.4 Å². The van der Waals surface area contributed by atoms with E-state index in [4.69, 9.17) is 0 Å². The van der Waals surface area contributed by atoms with Gasteiger partial charge < -0.3 is 0 Å². The van der Waals surface area contributed by atoms with Gasteiger partial charge in [0.15, 0.2) is 12.3 Å². The second-order valence-electron chi connectivity index (χ2n) is 6.04. The normalized spacial score (nSPS) is 19.7. The van der Waals surface area contributed by atoms with Crippen LogP contribution >= 0.6 is 0 Å². The van der Waals surface area contributed by atoms with Crippen LogP contribution < -0.4 is 0 Å². The molecule has 2 heterocycles. The second-order valence-corrected chi connectivity index (χ2v) is 6.04. The molecule has 108 valence electrons. The highest BCUT2D eigenvalue weighted by atomic mass is 16.2. The molecular formula is C17H19N2O2+. The Morgan fingerprint density at radius 3 is 2.38 bits per heavy atom. The molecule has 0 aliphatic carbocycles. The smallest absolute Gasteiger partial charge is 0.253 e. The van der Waals surface area contributed by atoms with Gasteiger partial charge in [0.05, 0.1) is 12.0 Å². The van der Waals surface area contributed by atoms with E-state index in [2.05, 4.69) is 43.5 Å². The van der Waals surface area contributed by atoms with Gasteiger partial charge in [-0.3, -0.25) is 14.5 Å². The molecule has 2 amide bonds. The van der Waals surface area contributed by atoms with Gasteiger partial charge in [-0.25, -0.2) is 0 Å². The molecule has 21 heavy (non-hydrogen) atoms. The van der Waals surface area contributed by atoms with E-state index in [-0.39, 0.29) is 17.2 Å². The lowest BCUT2D eigenvalue weighted by molar-refractivity contribution is -0.438. The van der Waals surface area contributed by atoms with Crippen LogP contribution in [0.2, 0.25) is 0 Å². The number of hydrogen-bond donors (Lipinski definition) is 0. The average Bonchev–Trinajstić information content (AvgIpc) is 2.87. The molecule has 0 N–H and O–H groups in total. The summed E-state index contributed by atoms with van der Waals surface area (Å²) in [5, 5.41) is 0. The van der Waals surface area contributed by atoms with Crippen molar-refractivity contribution in [3.8, 4) is 0 Å². The summed E-state index contributed by atoms with van der Waals surface area (Å²) in [5.41, 5.74) is 3.69. The number of rotatable bonds is 3. The van der Waals surface area contributed by atoms with E-state index in [1.54, 1.807) is 0 Å². The van der Waals surface area contributed by atoms with Gasteiger partial charge >= 0.3 is 0 Å². The summed E-state index contributed by atoms with van der Waals surface area (Å²) in [5.74, 6) is -0.436.